The van der Waals surface area contributed by atoms with E-state index in [4.69, 9.17) is 4.74 Å². The van der Waals surface area contributed by atoms with Crippen molar-refractivity contribution in [3.63, 3.8) is 0 Å². The van der Waals surface area contributed by atoms with Gasteiger partial charge in [0.05, 0.1) is 7.11 Å². The van der Waals surface area contributed by atoms with Crippen LogP contribution in [0.5, 0.6) is 11.5 Å². The molecule has 8 heteroatoms. The van der Waals surface area contributed by atoms with Crippen LogP contribution in [0, 0.1) is 0 Å². The Labute approximate surface area is 123 Å². The van der Waals surface area contributed by atoms with E-state index in [-0.39, 0.29) is 11.1 Å². The first-order chi connectivity index (χ1) is 9.78. The Balaban J connectivity index is 1.74. The average molecular weight is 306 g/mol. The van der Waals surface area contributed by atoms with Crippen molar-refractivity contribution in [1.29, 1.82) is 0 Å². The fourth-order valence-electron chi connectivity index (χ4n) is 2.24. The molecule has 0 radical (unpaired) electrons. The molecule has 0 fully saturated rings. The van der Waals surface area contributed by atoms with E-state index in [1.807, 2.05) is 16.8 Å². The lowest BCUT2D eigenvalue weighted by atomic mass is 10.2. The fourth-order valence-corrected chi connectivity index (χ4v) is 4.44. The fraction of sp³-hybridized carbons (Fsp3) is 0.167. The maximum atomic E-state index is 9.70. The molecule has 0 saturated heterocycles. The first kappa shape index (κ1) is 12.0. The van der Waals surface area contributed by atoms with Crippen molar-refractivity contribution < 1.29 is 9.84 Å². The highest BCUT2D eigenvalue weighted by atomic mass is 32.2. The number of thioether (sulfide) groups is 2. The van der Waals surface area contributed by atoms with E-state index in [0.717, 1.165) is 15.7 Å². The maximum Gasteiger partial charge on any atom is 0.216 e. The molecule has 1 atom stereocenters. The van der Waals surface area contributed by atoms with Gasteiger partial charge in [-0.3, -0.25) is 5.01 Å². The van der Waals surface area contributed by atoms with Gasteiger partial charge in [-0.05, 0) is 29.5 Å². The quantitative estimate of drug-likeness (QED) is 0.913. The molecule has 2 aliphatic rings. The first-order valence-corrected chi connectivity index (χ1v) is 7.64. The van der Waals surface area contributed by atoms with Gasteiger partial charge in [-0.2, -0.15) is 0 Å². The lowest BCUT2D eigenvalue weighted by Gasteiger charge is -2.24. The summed E-state index contributed by atoms with van der Waals surface area (Å²) in [5.74, 6) is 0.626. The van der Waals surface area contributed by atoms with Crippen molar-refractivity contribution in [2.24, 2.45) is 0 Å². The molecule has 0 amide bonds. The molecule has 0 saturated carbocycles. The van der Waals surface area contributed by atoms with Gasteiger partial charge in [-0.25, -0.2) is 4.68 Å². The van der Waals surface area contributed by atoms with Crippen LogP contribution in [0.4, 0.5) is 0 Å². The summed E-state index contributed by atoms with van der Waals surface area (Å²) in [6.07, 6.45) is 1.71. The van der Waals surface area contributed by atoms with Crippen molar-refractivity contribution in [3.05, 3.63) is 40.5 Å². The second-order valence-corrected chi connectivity index (χ2v) is 6.22. The predicted octanol–water partition coefficient (Wildman–Crippen LogP) is 2.28. The number of rotatable bonds is 2. The Hall–Kier alpha value is -1.80. The van der Waals surface area contributed by atoms with Crippen LogP contribution in [0.25, 0.3) is 0 Å². The van der Waals surface area contributed by atoms with E-state index in [1.165, 1.54) is 0 Å². The minimum atomic E-state index is 0.0873. The molecule has 20 heavy (non-hydrogen) atoms. The summed E-state index contributed by atoms with van der Waals surface area (Å²) in [5, 5.41) is 24.0. The van der Waals surface area contributed by atoms with Crippen molar-refractivity contribution in [1.82, 2.24) is 14.9 Å². The molecule has 102 valence electrons. The predicted molar refractivity (Wildman–Crippen MR) is 77.2 cm³/mol. The molecule has 1 aromatic heterocycles. The summed E-state index contributed by atoms with van der Waals surface area (Å²) in [7, 11) is 1.55. The molecule has 1 N–H and O–H groups in total. The van der Waals surface area contributed by atoms with Crippen LogP contribution in [-0.2, 0) is 0 Å². The highest BCUT2D eigenvalue weighted by Gasteiger charge is 2.37. The summed E-state index contributed by atoms with van der Waals surface area (Å²) < 4.78 is 7.12. The van der Waals surface area contributed by atoms with Crippen LogP contribution in [-0.4, -0.2) is 27.1 Å². The number of phenolic OH excluding ortho intramolecular Hbond substituents is 1. The molecular formula is C12H10N4O2S2. The molecule has 0 bridgehead atoms. The molecule has 0 aliphatic carbocycles. The number of aromatic nitrogens is 3. The first-order valence-electron chi connectivity index (χ1n) is 5.88. The monoisotopic (exact) mass is 306 g/mol. The summed E-state index contributed by atoms with van der Waals surface area (Å²) in [6.45, 7) is 0. The molecule has 4 rings (SSSR count). The number of methoxy groups -OCH3 is 1. The second-order valence-electron chi connectivity index (χ2n) is 4.28. The van der Waals surface area contributed by atoms with Crippen molar-refractivity contribution in [3.8, 4) is 11.5 Å². The third-order valence-corrected chi connectivity index (χ3v) is 5.37. The molecule has 6 nitrogen and oxygen atoms in total. The van der Waals surface area contributed by atoms with Gasteiger partial charge in [0, 0.05) is 5.41 Å². The SMILES string of the molecule is COc1cc([C@H]2SC=C3Sc4nncn4N32)ccc1O. The van der Waals surface area contributed by atoms with Crippen LogP contribution in [0.1, 0.15) is 10.9 Å². The van der Waals surface area contributed by atoms with E-state index in [9.17, 15) is 5.11 Å². The van der Waals surface area contributed by atoms with E-state index < -0.39 is 0 Å². The molecular weight excluding hydrogens is 296 g/mol. The topological polar surface area (TPSA) is 63.4 Å². The van der Waals surface area contributed by atoms with Gasteiger partial charge in [0.2, 0.25) is 5.16 Å². The number of benzene rings is 1. The summed E-state index contributed by atoms with van der Waals surface area (Å²) in [6, 6.07) is 5.42. The number of fused-ring (bicyclic) bond motifs is 3. The molecule has 2 aliphatic heterocycles. The zero-order valence-electron chi connectivity index (χ0n) is 10.4. The van der Waals surface area contributed by atoms with Gasteiger partial charge in [-0.1, -0.05) is 17.8 Å². The van der Waals surface area contributed by atoms with E-state index in [1.54, 1.807) is 43.0 Å². The Morgan fingerprint density at radius 2 is 2.30 bits per heavy atom. The van der Waals surface area contributed by atoms with Crippen molar-refractivity contribution in [2.75, 3.05) is 12.1 Å². The van der Waals surface area contributed by atoms with Crippen molar-refractivity contribution >= 4 is 23.5 Å². The van der Waals surface area contributed by atoms with Crippen LogP contribution >= 0.6 is 23.5 Å². The number of nitrogens with zero attached hydrogens (tertiary/aromatic N) is 4. The van der Waals surface area contributed by atoms with E-state index >= 15 is 0 Å². The van der Waals surface area contributed by atoms with Crippen LogP contribution < -0.4 is 9.75 Å². The Kier molecular flexibility index (Phi) is 2.61. The number of phenols is 1. The smallest absolute Gasteiger partial charge is 0.216 e. The van der Waals surface area contributed by atoms with Gasteiger partial charge >= 0.3 is 0 Å². The number of aromatic hydroxyl groups is 1. The Morgan fingerprint density at radius 3 is 3.15 bits per heavy atom. The Morgan fingerprint density at radius 1 is 1.40 bits per heavy atom. The lowest BCUT2D eigenvalue weighted by molar-refractivity contribution is 0.373. The summed E-state index contributed by atoms with van der Waals surface area (Å²) >= 11 is 3.31. The van der Waals surface area contributed by atoms with Crippen LogP contribution in [0.2, 0.25) is 0 Å². The third kappa shape index (κ3) is 1.61. The lowest BCUT2D eigenvalue weighted by Crippen LogP contribution is -2.28. The highest BCUT2D eigenvalue weighted by Crippen LogP contribution is 2.51. The zero-order chi connectivity index (χ0) is 13.7. The molecule has 1 aromatic carbocycles. The average Bonchev–Trinajstić information content (AvgIpc) is 3.10. The van der Waals surface area contributed by atoms with Crippen LogP contribution in [0.15, 0.2) is 40.1 Å². The summed E-state index contributed by atoms with van der Waals surface area (Å²) in [4.78, 5) is 0. The van der Waals surface area contributed by atoms with Crippen molar-refractivity contribution in [2.45, 2.75) is 10.5 Å². The van der Waals surface area contributed by atoms with Crippen LogP contribution in [0.3, 0.4) is 0 Å². The number of hydrogen-bond acceptors (Lipinski definition) is 7. The normalized spacial score (nSPS) is 19.8. The zero-order valence-corrected chi connectivity index (χ0v) is 12.1. The van der Waals surface area contributed by atoms with E-state index in [2.05, 4.69) is 20.6 Å². The van der Waals surface area contributed by atoms with E-state index in [0.29, 0.717) is 5.75 Å². The Bertz CT molecular complexity index is 715. The number of hydrogen-bond donors (Lipinski definition) is 1. The maximum absolute atomic E-state index is 9.70. The van der Waals surface area contributed by atoms with Gasteiger partial charge < -0.3 is 9.84 Å². The summed E-state index contributed by atoms with van der Waals surface area (Å²) in [5.41, 5.74) is 1.05. The molecule has 2 aromatic rings. The molecule has 0 unspecified atom stereocenters. The minimum absolute atomic E-state index is 0.0873. The minimum Gasteiger partial charge on any atom is -0.504 e. The van der Waals surface area contributed by atoms with Gasteiger partial charge in [-0.15, -0.1) is 10.2 Å². The van der Waals surface area contributed by atoms with Gasteiger partial charge in [0.15, 0.2) is 11.5 Å². The third-order valence-electron chi connectivity index (χ3n) is 3.16. The van der Waals surface area contributed by atoms with Gasteiger partial charge in [0.25, 0.3) is 0 Å². The largest absolute Gasteiger partial charge is 0.504 e. The number of ether oxygens (including phenoxy) is 1. The molecule has 0 spiro atoms. The highest BCUT2D eigenvalue weighted by molar-refractivity contribution is 8.07. The second kappa shape index (κ2) is 4.35. The molecule has 3 heterocycles. The standard InChI is InChI=1S/C12H10N4O2S2/c1-18-9-4-7(2-3-8(9)17)11-16-10(5-19-11)20-12-14-13-6-15(12)16/h2-6,11,17H,1H3/t11-/m1/s1. The van der Waals surface area contributed by atoms with Gasteiger partial charge in [0.1, 0.15) is 16.7 Å².